The van der Waals surface area contributed by atoms with Gasteiger partial charge in [0.25, 0.3) is 0 Å². The quantitative estimate of drug-likeness (QED) is 0.868. The van der Waals surface area contributed by atoms with Crippen LogP contribution >= 0.6 is 0 Å². The molecule has 0 spiro atoms. The third-order valence-electron chi connectivity index (χ3n) is 2.70. The molecule has 0 atom stereocenters. The van der Waals surface area contributed by atoms with Crippen LogP contribution in [0.1, 0.15) is 23.9 Å². The summed E-state index contributed by atoms with van der Waals surface area (Å²) >= 11 is 0. The van der Waals surface area contributed by atoms with E-state index in [9.17, 15) is 0 Å². The van der Waals surface area contributed by atoms with E-state index >= 15 is 0 Å². The van der Waals surface area contributed by atoms with E-state index in [4.69, 9.17) is 10.00 Å². The Kier molecular flexibility index (Phi) is 5.04. The molecule has 0 saturated heterocycles. The van der Waals surface area contributed by atoms with Gasteiger partial charge in [-0.25, -0.2) is 4.98 Å². The average Bonchev–Trinajstić information content (AvgIpc) is 2.52. The van der Waals surface area contributed by atoms with Crippen molar-refractivity contribution in [3.05, 3.63) is 53.6 Å². The van der Waals surface area contributed by atoms with Crippen molar-refractivity contribution < 1.29 is 4.74 Å². The number of ether oxygens (including phenoxy) is 1. The van der Waals surface area contributed by atoms with Crippen molar-refractivity contribution in [2.75, 3.05) is 6.54 Å². The minimum atomic E-state index is 0.394. The largest absolute Gasteiger partial charge is 0.487 e. The fourth-order valence-electron chi connectivity index (χ4n) is 1.65. The fraction of sp³-hybridized carbons (Fsp3) is 0.267. The summed E-state index contributed by atoms with van der Waals surface area (Å²) in [6, 6.07) is 9.38. The van der Waals surface area contributed by atoms with Crippen molar-refractivity contribution >= 4 is 0 Å². The van der Waals surface area contributed by atoms with E-state index in [0.29, 0.717) is 18.1 Å². The van der Waals surface area contributed by atoms with Crippen molar-refractivity contribution in [3.8, 4) is 11.8 Å². The van der Waals surface area contributed by atoms with Crippen LogP contribution in [0, 0.1) is 11.3 Å². The minimum absolute atomic E-state index is 0.394. The zero-order valence-electron chi connectivity index (χ0n) is 11.3. The Labute approximate surface area is 118 Å². The second kappa shape index (κ2) is 7.22. The second-order valence-corrected chi connectivity index (χ2v) is 4.22. The summed E-state index contributed by atoms with van der Waals surface area (Å²) in [6.45, 7) is 4.13. The van der Waals surface area contributed by atoms with Crippen LogP contribution < -0.4 is 10.1 Å². The molecule has 2 aromatic heterocycles. The van der Waals surface area contributed by atoms with E-state index in [1.807, 2.05) is 24.3 Å². The molecule has 5 heteroatoms. The lowest BCUT2D eigenvalue weighted by molar-refractivity contribution is 0.304. The van der Waals surface area contributed by atoms with E-state index in [0.717, 1.165) is 24.3 Å². The zero-order chi connectivity index (χ0) is 14.2. The van der Waals surface area contributed by atoms with Gasteiger partial charge in [0, 0.05) is 12.7 Å². The summed E-state index contributed by atoms with van der Waals surface area (Å²) < 4.78 is 5.63. The van der Waals surface area contributed by atoms with Gasteiger partial charge in [-0.3, -0.25) is 4.98 Å². The molecule has 0 fully saturated rings. The highest BCUT2D eigenvalue weighted by atomic mass is 16.5. The van der Waals surface area contributed by atoms with Gasteiger partial charge in [0.1, 0.15) is 24.1 Å². The summed E-state index contributed by atoms with van der Waals surface area (Å²) in [6.07, 6.45) is 3.31. The first-order valence-electron chi connectivity index (χ1n) is 6.45. The van der Waals surface area contributed by atoms with Crippen LogP contribution in [0.3, 0.4) is 0 Å². The monoisotopic (exact) mass is 268 g/mol. The van der Waals surface area contributed by atoms with Crippen molar-refractivity contribution in [2.24, 2.45) is 0 Å². The number of rotatable bonds is 6. The number of aromatic nitrogens is 2. The Morgan fingerprint density at radius 2 is 2.20 bits per heavy atom. The second-order valence-electron chi connectivity index (χ2n) is 4.22. The number of pyridine rings is 2. The topological polar surface area (TPSA) is 70.8 Å². The Morgan fingerprint density at radius 1 is 1.30 bits per heavy atom. The van der Waals surface area contributed by atoms with Crippen LogP contribution in [0.2, 0.25) is 0 Å². The summed E-state index contributed by atoms with van der Waals surface area (Å²) in [4.78, 5) is 8.23. The van der Waals surface area contributed by atoms with E-state index in [-0.39, 0.29) is 0 Å². The Bertz CT molecular complexity index is 590. The molecule has 2 aromatic rings. The summed E-state index contributed by atoms with van der Waals surface area (Å²) in [5, 5.41) is 12.0. The molecule has 0 aliphatic heterocycles. The number of nitrogens with one attached hydrogen (secondary N) is 1. The van der Waals surface area contributed by atoms with Gasteiger partial charge in [0.05, 0.1) is 11.9 Å². The third kappa shape index (κ3) is 4.04. The molecule has 0 amide bonds. The number of hydrogen-bond donors (Lipinski definition) is 1. The fourth-order valence-corrected chi connectivity index (χ4v) is 1.65. The molecule has 5 nitrogen and oxygen atoms in total. The number of nitriles is 1. The molecule has 0 radical (unpaired) electrons. The molecule has 0 bridgehead atoms. The number of nitrogens with zero attached hydrogens (tertiary/aromatic N) is 3. The minimum Gasteiger partial charge on any atom is -0.487 e. The van der Waals surface area contributed by atoms with Crippen LogP contribution in [0.15, 0.2) is 36.7 Å². The van der Waals surface area contributed by atoms with E-state index in [2.05, 4.69) is 22.2 Å². The lowest BCUT2D eigenvalue weighted by Gasteiger charge is -2.07. The van der Waals surface area contributed by atoms with E-state index in [1.165, 1.54) is 0 Å². The molecule has 102 valence electrons. The van der Waals surface area contributed by atoms with E-state index < -0.39 is 0 Å². The van der Waals surface area contributed by atoms with Gasteiger partial charge in [-0.15, -0.1) is 0 Å². The predicted octanol–water partition coefficient (Wildman–Crippen LogP) is 2.04. The molecule has 0 aliphatic carbocycles. The molecular formula is C15H16N4O. The average molecular weight is 268 g/mol. The van der Waals surface area contributed by atoms with Gasteiger partial charge < -0.3 is 10.1 Å². The molecule has 0 saturated carbocycles. The first-order valence-corrected chi connectivity index (χ1v) is 6.45. The first-order chi connectivity index (χ1) is 9.81. The third-order valence-corrected chi connectivity index (χ3v) is 2.70. The maximum absolute atomic E-state index is 8.78. The lowest BCUT2D eigenvalue weighted by Crippen LogP contribution is -2.12. The lowest BCUT2D eigenvalue weighted by atomic mass is 10.2. The SMILES string of the molecule is CCNCc1ccc(OCc2ccnc(C#N)c2)cn1. The summed E-state index contributed by atoms with van der Waals surface area (Å²) in [7, 11) is 0. The highest BCUT2D eigenvalue weighted by molar-refractivity contribution is 5.26. The summed E-state index contributed by atoms with van der Waals surface area (Å²) in [5.74, 6) is 0.709. The van der Waals surface area contributed by atoms with Crippen molar-refractivity contribution in [3.63, 3.8) is 0 Å². The van der Waals surface area contributed by atoms with Crippen molar-refractivity contribution in [1.82, 2.24) is 15.3 Å². The highest BCUT2D eigenvalue weighted by Gasteiger charge is 2.00. The molecule has 2 rings (SSSR count). The van der Waals surface area contributed by atoms with Crippen LogP contribution in [-0.4, -0.2) is 16.5 Å². The molecule has 0 aliphatic rings. The van der Waals surface area contributed by atoms with Gasteiger partial charge in [-0.1, -0.05) is 6.92 Å². The maximum atomic E-state index is 8.78. The van der Waals surface area contributed by atoms with Crippen molar-refractivity contribution in [2.45, 2.75) is 20.1 Å². The van der Waals surface area contributed by atoms with E-state index in [1.54, 1.807) is 18.5 Å². The van der Waals surface area contributed by atoms with Crippen LogP contribution in [-0.2, 0) is 13.2 Å². The molecule has 2 heterocycles. The van der Waals surface area contributed by atoms with Gasteiger partial charge in [-0.2, -0.15) is 5.26 Å². The Morgan fingerprint density at radius 3 is 2.90 bits per heavy atom. The summed E-state index contributed by atoms with van der Waals surface area (Å²) in [5.41, 5.74) is 2.29. The highest BCUT2D eigenvalue weighted by Crippen LogP contribution is 2.12. The number of hydrogen-bond acceptors (Lipinski definition) is 5. The van der Waals surface area contributed by atoms with Crippen LogP contribution in [0.25, 0.3) is 0 Å². The zero-order valence-corrected chi connectivity index (χ0v) is 11.3. The smallest absolute Gasteiger partial charge is 0.140 e. The first kappa shape index (κ1) is 14.0. The molecule has 0 unspecified atom stereocenters. The molecule has 1 N–H and O–H groups in total. The van der Waals surface area contributed by atoms with Crippen LogP contribution in [0.5, 0.6) is 5.75 Å². The van der Waals surface area contributed by atoms with Crippen molar-refractivity contribution in [1.29, 1.82) is 5.26 Å². The Balaban J connectivity index is 1.92. The van der Waals surface area contributed by atoms with Gasteiger partial charge in [0.2, 0.25) is 0 Å². The molecular weight excluding hydrogens is 252 g/mol. The van der Waals surface area contributed by atoms with Gasteiger partial charge in [0.15, 0.2) is 0 Å². The van der Waals surface area contributed by atoms with Gasteiger partial charge >= 0.3 is 0 Å². The standard InChI is InChI=1S/C15H16N4O/c1-2-17-9-13-3-4-15(10-19-13)20-11-12-5-6-18-14(7-12)8-16/h3-7,10,17H,2,9,11H2,1H3. The predicted molar refractivity (Wildman–Crippen MR) is 74.9 cm³/mol. The Hall–Kier alpha value is -2.45. The van der Waals surface area contributed by atoms with Gasteiger partial charge in [-0.05, 0) is 36.4 Å². The molecule has 0 aromatic carbocycles. The maximum Gasteiger partial charge on any atom is 0.140 e. The molecule has 20 heavy (non-hydrogen) atoms. The normalized spacial score (nSPS) is 10.0. The van der Waals surface area contributed by atoms with Crippen LogP contribution in [0.4, 0.5) is 0 Å².